The van der Waals surface area contributed by atoms with Crippen molar-refractivity contribution < 1.29 is 9.59 Å². The second-order valence-electron chi connectivity index (χ2n) is 8.36. The number of carbonyl (C=O) groups is 2. The summed E-state index contributed by atoms with van der Waals surface area (Å²) in [7, 11) is 0. The molecule has 0 aliphatic carbocycles. The second kappa shape index (κ2) is 11.2. The smallest absolute Gasteiger partial charge is 0.223 e. The van der Waals surface area contributed by atoms with Crippen LogP contribution in [0.1, 0.15) is 52.5 Å². The molecule has 0 saturated carbocycles. The Morgan fingerprint density at radius 1 is 1.07 bits per heavy atom. The van der Waals surface area contributed by atoms with E-state index in [0.29, 0.717) is 38.1 Å². The number of rotatable bonds is 9. The first-order chi connectivity index (χ1) is 13.4. The highest BCUT2D eigenvalue weighted by Gasteiger charge is 2.27. The highest BCUT2D eigenvalue weighted by Crippen LogP contribution is 2.18. The van der Waals surface area contributed by atoms with E-state index in [1.54, 1.807) is 0 Å². The van der Waals surface area contributed by atoms with Crippen molar-refractivity contribution in [1.29, 1.82) is 0 Å². The Hall–Kier alpha value is -1.88. The third-order valence-corrected chi connectivity index (χ3v) is 5.68. The van der Waals surface area contributed by atoms with Crippen LogP contribution in [0.15, 0.2) is 30.3 Å². The number of carbonyl (C=O) groups excluding carboxylic acids is 2. The molecular formula is C23H37N3O2. The molecule has 1 saturated heterocycles. The Morgan fingerprint density at radius 3 is 2.25 bits per heavy atom. The first kappa shape index (κ1) is 22.4. The summed E-state index contributed by atoms with van der Waals surface area (Å²) in [6, 6.07) is 11.1. The molecule has 0 unspecified atom stereocenters. The van der Waals surface area contributed by atoms with Crippen LogP contribution in [0, 0.1) is 5.92 Å². The molecule has 5 heteroatoms. The van der Waals surface area contributed by atoms with Gasteiger partial charge in [0.05, 0.1) is 0 Å². The molecule has 0 aromatic heterocycles. The summed E-state index contributed by atoms with van der Waals surface area (Å²) >= 11 is 0. The average molecular weight is 388 g/mol. The van der Waals surface area contributed by atoms with Crippen LogP contribution >= 0.6 is 0 Å². The van der Waals surface area contributed by atoms with Gasteiger partial charge in [-0.15, -0.1) is 0 Å². The van der Waals surface area contributed by atoms with E-state index in [1.165, 1.54) is 5.56 Å². The molecule has 1 aromatic carbocycles. The van der Waals surface area contributed by atoms with Gasteiger partial charge in [0.1, 0.15) is 0 Å². The van der Waals surface area contributed by atoms with Gasteiger partial charge >= 0.3 is 0 Å². The zero-order valence-corrected chi connectivity index (χ0v) is 18.0. The number of hydrogen-bond donors (Lipinski definition) is 1. The van der Waals surface area contributed by atoms with Gasteiger partial charge < -0.3 is 10.2 Å². The van der Waals surface area contributed by atoms with E-state index >= 15 is 0 Å². The normalized spacial score (nSPS) is 15.5. The Morgan fingerprint density at radius 2 is 1.68 bits per heavy atom. The van der Waals surface area contributed by atoms with Crippen LogP contribution in [0.5, 0.6) is 0 Å². The van der Waals surface area contributed by atoms with Crippen LogP contribution in [0.25, 0.3) is 0 Å². The maximum absolute atomic E-state index is 12.5. The summed E-state index contributed by atoms with van der Waals surface area (Å²) in [5.74, 6) is 0.376. The molecular weight excluding hydrogens is 350 g/mol. The zero-order chi connectivity index (χ0) is 20.5. The summed E-state index contributed by atoms with van der Waals surface area (Å²) < 4.78 is 0. The van der Waals surface area contributed by atoms with E-state index in [1.807, 2.05) is 23.1 Å². The first-order valence-electron chi connectivity index (χ1n) is 10.7. The minimum atomic E-state index is 0.0322. The number of nitrogens with zero attached hydrogens (tertiary/aromatic N) is 2. The molecule has 5 nitrogen and oxygen atoms in total. The number of amides is 2. The van der Waals surface area contributed by atoms with Crippen molar-refractivity contribution in [3.05, 3.63) is 35.9 Å². The fourth-order valence-electron chi connectivity index (χ4n) is 4.01. The molecule has 0 bridgehead atoms. The van der Waals surface area contributed by atoms with Crippen molar-refractivity contribution in [3.8, 4) is 0 Å². The molecule has 0 spiro atoms. The van der Waals surface area contributed by atoms with Crippen molar-refractivity contribution in [1.82, 2.24) is 15.1 Å². The number of nitrogens with one attached hydrogen (secondary N) is 1. The lowest BCUT2D eigenvalue weighted by Gasteiger charge is -2.32. The van der Waals surface area contributed by atoms with E-state index < -0.39 is 0 Å². The lowest BCUT2D eigenvalue weighted by Crippen LogP contribution is -2.46. The minimum absolute atomic E-state index is 0.0322. The van der Waals surface area contributed by atoms with Crippen LogP contribution < -0.4 is 5.32 Å². The van der Waals surface area contributed by atoms with Gasteiger partial charge in [-0.2, -0.15) is 0 Å². The summed E-state index contributed by atoms with van der Waals surface area (Å²) in [6.45, 7) is 11.7. The van der Waals surface area contributed by atoms with Crippen molar-refractivity contribution in [2.75, 3.05) is 26.2 Å². The number of benzene rings is 1. The highest BCUT2D eigenvalue weighted by molar-refractivity contribution is 5.80. The maximum Gasteiger partial charge on any atom is 0.223 e. The number of likely N-dealkylation sites (tertiary alicyclic amines) is 1. The standard InChI is InChI=1S/C23H37N3O2/c1-18(2)26(19(3)4)17-14-24-23(28)21-12-15-25(16-13-21)22(27)11-10-20-8-6-5-7-9-20/h5-9,18-19,21H,10-17H2,1-4H3,(H,24,28). The molecule has 1 fully saturated rings. The molecule has 1 aromatic rings. The van der Waals surface area contributed by atoms with Gasteiger partial charge in [-0.05, 0) is 52.5 Å². The van der Waals surface area contributed by atoms with E-state index in [0.717, 1.165) is 25.8 Å². The third kappa shape index (κ3) is 6.93. The monoisotopic (exact) mass is 387 g/mol. The highest BCUT2D eigenvalue weighted by atomic mass is 16.2. The quantitative estimate of drug-likeness (QED) is 0.708. The van der Waals surface area contributed by atoms with E-state index in [-0.39, 0.29) is 17.7 Å². The fourth-order valence-corrected chi connectivity index (χ4v) is 4.01. The molecule has 2 rings (SSSR count). The largest absolute Gasteiger partial charge is 0.355 e. The lowest BCUT2D eigenvalue weighted by atomic mass is 9.95. The molecule has 1 aliphatic heterocycles. The predicted molar refractivity (Wildman–Crippen MR) is 114 cm³/mol. The van der Waals surface area contributed by atoms with Gasteiger partial charge in [0.2, 0.25) is 11.8 Å². The van der Waals surface area contributed by atoms with Crippen LogP contribution in [-0.2, 0) is 16.0 Å². The zero-order valence-electron chi connectivity index (χ0n) is 18.0. The van der Waals surface area contributed by atoms with Crippen LogP contribution in [-0.4, -0.2) is 59.9 Å². The van der Waals surface area contributed by atoms with Gasteiger partial charge in [0.15, 0.2) is 0 Å². The number of aryl methyl sites for hydroxylation is 1. The second-order valence-corrected chi connectivity index (χ2v) is 8.36. The number of piperidine rings is 1. The van der Waals surface area contributed by atoms with Crippen molar-refractivity contribution in [2.24, 2.45) is 5.92 Å². The molecule has 0 atom stereocenters. The van der Waals surface area contributed by atoms with Gasteiger partial charge in [-0.25, -0.2) is 0 Å². The Bertz CT molecular complexity index is 600. The van der Waals surface area contributed by atoms with Crippen LogP contribution in [0.4, 0.5) is 0 Å². The van der Waals surface area contributed by atoms with E-state index in [4.69, 9.17) is 0 Å². The maximum atomic E-state index is 12.5. The minimum Gasteiger partial charge on any atom is -0.355 e. The molecule has 1 N–H and O–H groups in total. The summed E-state index contributed by atoms with van der Waals surface area (Å²) in [6.07, 6.45) is 2.85. The molecule has 2 amide bonds. The average Bonchev–Trinajstić information content (AvgIpc) is 2.69. The van der Waals surface area contributed by atoms with Crippen LogP contribution in [0.2, 0.25) is 0 Å². The SMILES string of the molecule is CC(C)N(CCNC(=O)C1CCN(C(=O)CCc2ccccc2)CC1)C(C)C. The predicted octanol–water partition coefficient (Wildman–Crippen LogP) is 3.09. The summed E-state index contributed by atoms with van der Waals surface area (Å²) in [4.78, 5) is 29.2. The molecule has 1 heterocycles. The van der Waals surface area contributed by atoms with E-state index in [9.17, 15) is 9.59 Å². The Kier molecular flexibility index (Phi) is 8.97. The molecule has 1 aliphatic rings. The summed E-state index contributed by atoms with van der Waals surface area (Å²) in [5, 5.41) is 3.10. The van der Waals surface area contributed by atoms with Crippen molar-refractivity contribution in [2.45, 2.75) is 65.5 Å². The molecule has 156 valence electrons. The molecule has 0 radical (unpaired) electrons. The summed E-state index contributed by atoms with van der Waals surface area (Å²) in [5.41, 5.74) is 1.20. The Balaban J connectivity index is 1.68. The van der Waals surface area contributed by atoms with Gasteiger partial charge in [-0.1, -0.05) is 30.3 Å². The van der Waals surface area contributed by atoms with Gasteiger partial charge in [0.25, 0.3) is 0 Å². The third-order valence-electron chi connectivity index (χ3n) is 5.68. The van der Waals surface area contributed by atoms with Crippen molar-refractivity contribution >= 4 is 11.8 Å². The van der Waals surface area contributed by atoms with Crippen LogP contribution in [0.3, 0.4) is 0 Å². The number of hydrogen-bond acceptors (Lipinski definition) is 3. The van der Waals surface area contributed by atoms with Gasteiger partial charge in [0, 0.05) is 50.6 Å². The van der Waals surface area contributed by atoms with Gasteiger partial charge in [-0.3, -0.25) is 14.5 Å². The fraction of sp³-hybridized carbons (Fsp3) is 0.652. The topological polar surface area (TPSA) is 52.7 Å². The molecule has 28 heavy (non-hydrogen) atoms. The Labute approximate surface area is 170 Å². The lowest BCUT2D eigenvalue weighted by molar-refractivity contribution is -0.135. The van der Waals surface area contributed by atoms with E-state index in [2.05, 4.69) is 50.0 Å². The first-order valence-corrected chi connectivity index (χ1v) is 10.7. The van der Waals surface area contributed by atoms with Crippen molar-refractivity contribution in [3.63, 3.8) is 0 Å².